The molecule has 2 unspecified atom stereocenters. The molecule has 0 bridgehead atoms. The molecule has 1 aromatic carbocycles. The molecule has 0 aliphatic rings. The third kappa shape index (κ3) is 4.18. The molecule has 1 aromatic rings. The highest BCUT2D eigenvalue weighted by atomic mass is 35.5. The van der Waals surface area contributed by atoms with Crippen molar-refractivity contribution >= 4 is 12.4 Å². The summed E-state index contributed by atoms with van der Waals surface area (Å²) in [6, 6.07) is 10.0. The van der Waals surface area contributed by atoms with Gasteiger partial charge in [0.2, 0.25) is 0 Å². The van der Waals surface area contributed by atoms with E-state index < -0.39 is 0 Å². The largest absolute Gasteiger partial charge is 0.319 e. The number of nitrogens with one attached hydrogen (secondary N) is 1. The van der Waals surface area contributed by atoms with Crippen molar-refractivity contribution in [1.29, 1.82) is 0 Å². The SMILES string of the molecule is CNCC(c1ccccc1)C(C)OO.Cl. The normalized spacial score (nSPS) is 14.1. The number of halogens is 1. The van der Waals surface area contributed by atoms with Gasteiger partial charge in [0.15, 0.2) is 0 Å². The molecule has 4 heteroatoms. The molecule has 1 rings (SSSR count). The fraction of sp³-hybridized carbons (Fsp3) is 0.455. The van der Waals surface area contributed by atoms with Crippen molar-refractivity contribution in [3.8, 4) is 0 Å². The molecular formula is C11H18ClNO2. The third-order valence-corrected chi connectivity index (χ3v) is 2.38. The molecule has 0 spiro atoms. The molecule has 2 atom stereocenters. The maximum Gasteiger partial charge on any atom is 0.0979 e. The van der Waals surface area contributed by atoms with Crippen LogP contribution < -0.4 is 5.32 Å². The summed E-state index contributed by atoms with van der Waals surface area (Å²) in [5.74, 6) is 0.172. The van der Waals surface area contributed by atoms with E-state index in [0.29, 0.717) is 0 Å². The minimum absolute atomic E-state index is 0. The van der Waals surface area contributed by atoms with E-state index in [1.807, 2.05) is 44.3 Å². The number of hydrogen-bond donors (Lipinski definition) is 2. The second kappa shape index (κ2) is 7.65. The van der Waals surface area contributed by atoms with E-state index in [1.54, 1.807) is 0 Å². The Labute approximate surface area is 96.8 Å². The van der Waals surface area contributed by atoms with E-state index >= 15 is 0 Å². The lowest BCUT2D eigenvalue weighted by Gasteiger charge is -2.21. The molecule has 15 heavy (non-hydrogen) atoms. The van der Waals surface area contributed by atoms with Gasteiger partial charge in [0, 0.05) is 12.5 Å². The summed E-state index contributed by atoms with van der Waals surface area (Å²) < 4.78 is 0. The van der Waals surface area contributed by atoms with Crippen molar-refractivity contribution in [2.45, 2.75) is 18.9 Å². The second-order valence-electron chi connectivity index (χ2n) is 3.39. The standard InChI is InChI=1S/C11H17NO2.ClH/c1-9(14-13)11(8-12-2)10-6-4-3-5-7-10;/h3-7,9,11-13H,8H2,1-2H3;1H. The van der Waals surface area contributed by atoms with Gasteiger partial charge >= 0.3 is 0 Å². The number of benzene rings is 1. The van der Waals surface area contributed by atoms with E-state index in [2.05, 4.69) is 10.2 Å². The molecule has 0 aliphatic carbocycles. The Morgan fingerprint density at radius 1 is 1.33 bits per heavy atom. The second-order valence-corrected chi connectivity index (χ2v) is 3.39. The zero-order chi connectivity index (χ0) is 10.4. The van der Waals surface area contributed by atoms with Gasteiger partial charge in [0.25, 0.3) is 0 Å². The lowest BCUT2D eigenvalue weighted by atomic mass is 9.94. The van der Waals surface area contributed by atoms with Crippen molar-refractivity contribution in [3.63, 3.8) is 0 Å². The first kappa shape index (κ1) is 14.4. The number of likely N-dealkylation sites (N-methyl/N-ethyl adjacent to an activating group) is 1. The van der Waals surface area contributed by atoms with Crippen LogP contribution in [0.1, 0.15) is 18.4 Å². The van der Waals surface area contributed by atoms with E-state index in [0.717, 1.165) is 6.54 Å². The molecule has 86 valence electrons. The molecule has 0 heterocycles. The first-order valence-corrected chi connectivity index (χ1v) is 4.79. The third-order valence-electron chi connectivity index (χ3n) is 2.38. The van der Waals surface area contributed by atoms with E-state index in [1.165, 1.54) is 5.56 Å². The molecule has 0 fully saturated rings. The van der Waals surface area contributed by atoms with E-state index in [-0.39, 0.29) is 24.4 Å². The lowest BCUT2D eigenvalue weighted by Crippen LogP contribution is -2.27. The zero-order valence-corrected chi connectivity index (χ0v) is 9.83. The van der Waals surface area contributed by atoms with Crippen LogP contribution in [-0.4, -0.2) is 25.0 Å². The van der Waals surface area contributed by atoms with Gasteiger partial charge in [-0.05, 0) is 19.5 Å². The monoisotopic (exact) mass is 231 g/mol. The summed E-state index contributed by atoms with van der Waals surface area (Å²) in [6.45, 7) is 2.64. The van der Waals surface area contributed by atoms with Gasteiger partial charge in [0.05, 0.1) is 6.10 Å². The average Bonchev–Trinajstić information content (AvgIpc) is 2.26. The van der Waals surface area contributed by atoms with Crippen molar-refractivity contribution in [3.05, 3.63) is 35.9 Å². The molecule has 0 saturated heterocycles. The Morgan fingerprint density at radius 3 is 2.40 bits per heavy atom. The fourth-order valence-electron chi connectivity index (χ4n) is 1.55. The van der Waals surface area contributed by atoms with Crippen LogP contribution in [0.25, 0.3) is 0 Å². The molecule has 0 saturated carbocycles. The summed E-state index contributed by atoms with van der Waals surface area (Å²) in [5.41, 5.74) is 1.17. The van der Waals surface area contributed by atoms with Crippen LogP contribution in [0, 0.1) is 0 Å². The molecule has 3 nitrogen and oxygen atoms in total. The van der Waals surface area contributed by atoms with Crippen LogP contribution in [0.2, 0.25) is 0 Å². The first-order valence-electron chi connectivity index (χ1n) is 4.79. The Balaban J connectivity index is 0.00000196. The zero-order valence-electron chi connectivity index (χ0n) is 9.01. The predicted octanol–water partition coefficient (Wildman–Crippen LogP) is 2.29. The highest BCUT2D eigenvalue weighted by Crippen LogP contribution is 2.20. The van der Waals surface area contributed by atoms with Crippen LogP contribution in [-0.2, 0) is 4.89 Å². The Hall–Kier alpha value is -0.610. The minimum Gasteiger partial charge on any atom is -0.319 e. The van der Waals surface area contributed by atoms with Crippen LogP contribution >= 0.6 is 12.4 Å². The van der Waals surface area contributed by atoms with E-state index in [9.17, 15) is 0 Å². The topological polar surface area (TPSA) is 41.5 Å². The highest BCUT2D eigenvalue weighted by Gasteiger charge is 2.18. The average molecular weight is 232 g/mol. The van der Waals surface area contributed by atoms with Gasteiger partial charge in [-0.2, -0.15) is 0 Å². The number of hydrogen-bond acceptors (Lipinski definition) is 3. The highest BCUT2D eigenvalue weighted by molar-refractivity contribution is 5.85. The first-order chi connectivity index (χ1) is 6.79. The minimum atomic E-state index is -0.204. The van der Waals surface area contributed by atoms with Crippen molar-refractivity contribution in [2.75, 3.05) is 13.6 Å². The maximum atomic E-state index is 8.67. The Kier molecular flexibility index (Phi) is 7.34. The van der Waals surface area contributed by atoms with Crippen LogP contribution in [0.15, 0.2) is 30.3 Å². The van der Waals surface area contributed by atoms with Gasteiger partial charge in [-0.25, -0.2) is 4.89 Å². The Bertz CT molecular complexity index is 256. The van der Waals surface area contributed by atoms with Gasteiger partial charge in [0.1, 0.15) is 0 Å². The molecule has 0 aliphatic heterocycles. The maximum absolute atomic E-state index is 8.67. The quantitative estimate of drug-likeness (QED) is 0.604. The molecule has 0 aromatic heterocycles. The van der Waals surface area contributed by atoms with Gasteiger partial charge in [-0.3, -0.25) is 5.26 Å². The van der Waals surface area contributed by atoms with Gasteiger partial charge in [-0.1, -0.05) is 30.3 Å². The Morgan fingerprint density at radius 2 is 1.93 bits per heavy atom. The summed E-state index contributed by atoms with van der Waals surface area (Å²) in [7, 11) is 1.89. The number of rotatable bonds is 5. The van der Waals surface area contributed by atoms with Crippen molar-refractivity contribution < 1.29 is 10.1 Å². The fourth-order valence-corrected chi connectivity index (χ4v) is 1.55. The molecule has 0 radical (unpaired) electrons. The van der Waals surface area contributed by atoms with Crippen LogP contribution in [0.5, 0.6) is 0 Å². The molecule has 0 amide bonds. The van der Waals surface area contributed by atoms with Gasteiger partial charge in [-0.15, -0.1) is 12.4 Å². The molecule has 2 N–H and O–H groups in total. The predicted molar refractivity (Wildman–Crippen MR) is 63.5 cm³/mol. The molecular weight excluding hydrogens is 214 g/mol. The lowest BCUT2D eigenvalue weighted by molar-refractivity contribution is -0.278. The van der Waals surface area contributed by atoms with Gasteiger partial charge < -0.3 is 5.32 Å². The van der Waals surface area contributed by atoms with Crippen LogP contribution in [0.4, 0.5) is 0 Å². The summed E-state index contributed by atoms with van der Waals surface area (Å²) in [5, 5.41) is 11.8. The van der Waals surface area contributed by atoms with E-state index in [4.69, 9.17) is 5.26 Å². The summed E-state index contributed by atoms with van der Waals surface area (Å²) in [6.07, 6.45) is -0.204. The smallest absolute Gasteiger partial charge is 0.0979 e. The van der Waals surface area contributed by atoms with Crippen LogP contribution in [0.3, 0.4) is 0 Å². The van der Waals surface area contributed by atoms with Crippen molar-refractivity contribution in [1.82, 2.24) is 5.32 Å². The summed E-state index contributed by atoms with van der Waals surface area (Å²) >= 11 is 0. The summed E-state index contributed by atoms with van der Waals surface area (Å²) in [4.78, 5) is 4.38. The van der Waals surface area contributed by atoms with Crippen molar-refractivity contribution in [2.24, 2.45) is 0 Å².